The molecule has 1 saturated heterocycles. The molecular formula is C16H24N2O2. The molecule has 2 rings (SSSR count). The first-order valence-electron chi connectivity index (χ1n) is 7.35. The van der Waals surface area contributed by atoms with Gasteiger partial charge in [0.2, 0.25) is 5.91 Å². The number of hydrogen-bond donors (Lipinski definition) is 2. The first-order chi connectivity index (χ1) is 9.61. The van der Waals surface area contributed by atoms with Crippen molar-refractivity contribution in [1.29, 1.82) is 0 Å². The Morgan fingerprint density at radius 2 is 2.05 bits per heavy atom. The SMILES string of the molecule is CCCCc1ccc(NC(=O)COC2(C)CNC2)cc1. The number of rotatable bonds is 7. The molecule has 1 aliphatic heterocycles. The van der Waals surface area contributed by atoms with Crippen LogP contribution in [0.5, 0.6) is 0 Å². The van der Waals surface area contributed by atoms with Crippen LogP contribution in [0.1, 0.15) is 32.3 Å². The van der Waals surface area contributed by atoms with Gasteiger partial charge in [-0.2, -0.15) is 0 Å². The van der Waals surface area contributed by atoms with Crippen molar-refractivity contribution in [3.05, 3.63) is 29.8 Å². The maximum Gasteiger partial charge on any atom is 0.250 e. The highest BCUT2D eigenvalue weighted by Gasteiger charge is 2.32. The lowest BCUT2D eigenvalue weighted by Crippen LogP contribution is -2.59. The highest BCUT2D eigenvalue weighted by molar-refractivity contribution is 5.91. The highest BCUT2D eigenvalue weighted by atomic mass is 16.5. The van der Waals surface area contributed by atoms with Gasteiger partial charge in [-0.3, -0.25) is 4.79 Å². The highest BCUT2D eigenvalue weighted by Crippen LogP contribution is 2.15. The number of amides is 1. The minimum absolute atomic E-state index is 0.0977. The molecule has 0 atom stereocenters. The van der Waals surface area contributed by atoms with Crippen LogP contribution in [0.3, 0.4) is 0 Å². The van der Waals surface area contributed by atoms with Crippen molar-refractivity contribution >= 4 is 11.6 Å². The number of ether oxygens (including phenoxy) is 1. The number of hydrogen-bond acceptors (Lipinski definition) is 3. The van der Waals surface area contributed by atoms with Crippen molar-refractivity contribution in [2.75, 3.05) is 25.0 Å². The molecule has 0 spiro atoms. The van der Waals surface area contributed by atoms with Gasteiger partial charge < -0.3 is 15.4 Å². The zero-order chi connectivity index (χ0) is 14.4. The lowest BCUT2D eigenvalue weighted by Gasteiger charge is -2.38. The summed E-state index contributed by atoms with van der Waals surface area (Å²) < 4.78 is 5.60. The van der Waals surface area contributed by atoms with Gasteiger partial charge in [0.15, 0.2) is 0 Å². The van der Waals surface area contributed by atoms with Gasteiger partial charge >= 0.3 is 0 Å². The Morgan fingerprint density at radius 3 is 2.60 bits per heavy atom. The summed E-state index contributed by atoms with van der Waals surface area (Å²) in [5, 5.41) is 6.00. The predicted molar refractivity (Wildman–Crippen MR) is 80.9 cm³/mol. The fourth-order valence-corrected chi connectivity index (χ4v) is 2.15. The lowest BCUT2D eigenvalue weighted by atomic mass is 10.0. The van der Waals surface area contributed by atoms with Crippen molar-refractivity contribution in [2.45, 2.75) is 38.7 Å². The van der Waals surface area contributed by atoms with Crippen LogP contribution in [-0.4, -0.2) is 31.2 Å². The van der Waals surface area contributed by atoms with Crippen LogP contribution in [0.4, 0.5) is 5.69 Å². The smallest absolute Gasteiger partial charge is 0.250 e. The Kier molecular flexibility index (Phi) is 5.15. The molecule has 1 aromatic rings. The van der Waals surface area contributed by atoms with Gasteiger partial charge in [-0.25, -0.2) is 0 Å². The third-order valence-corrected chi connectivity index (χ3v) is 3.61. The van der Waals surface area contributed by atoms with E-state index in [1.807, 2.05) is 19.1 Å². The maximum absolute atomic E-state index is 11.8. The van der Waals surface area contributed by atoms with Gasteiger partial charge in [-0.05, 0) is 37.5 Å². The van der Waals surface area contributed by atoms with Crippen LogP contribution in [0.25, 0.3) is 0 Å². The molecule has 0 aromatic heterocycles. The molecule has 4 heteroatoms. The standard InChI is InChI=1S/C16H24N2O2/c1-3-4-5-13-6-8-14(9-7-13)18-15(19)10-20-16(2)11-17-12-16/h6-9,17H,3-5,10-12H2,1-2H3,(H,18,19). The lowest BCUT2D eigenvalue weighted by molar-refractivity contribution is -0.130. The van der Waals surface area contributed by atoms with Crippen LogP contribution in [0, 0.1) is 0 Å². The molecule has 1 heterocycles. The van der Waals surface area contributed by atoms with Crippen LogP contribution in [0.2, 0.25) is 0 Å². The molecule has 0 unspecified atom stereocenters. The molecule has 20 heavy (non-hydrogen) atoms. The van der Waals surface area contributed by atoms with E-state index < -0.39 is 0 Å². The molecule has 0 bridgehead atoms. The average molecular weight is 276 g/mol. The molecule has 2 N–H and O–H groups in total. The number of unbranched alkanes of at least 4 members (excludes halogenated alkanes) is 1. The van der Waals surface area contributed by atoms with Gasteiger partial charge in [0.1, 0.15) is 6.61 Å². The molecular weight excluding hydrogens is 252 g/mol. The van der Waals surface area contributed by atoms with Gasteiger partial charge in [0.05, 0.1) is 5.60 Å². The molecule has 0 radical (unpaired) electrons. The summed E-state index contributed by atoms with van der Waals surface area (Å²) in [5.74, 6) is -0.0977. The number of aryl methyl sites for hydroxylation is 1. The second kappa shape index (κ2) is 6.86. The molecule has 4 nitrogen and oxygen atoms in total. The van der Waals surface area contributed by atoms with E-state index in [2.05, 4.69) is 29.7 Å². The monoisotopic (exact) mass is 276 g/mol. The van der Waals surface area contributed by atoms with E-state index in [9.17, 15) is 4.79 Å². The molecule has 0 saturated carbocycles. The number of benzene rings is 1. The predicted octanol–water partition coefficient (Wildman–Crippen LogP) is 2.35. The summed E-state index contributed by atoms with van der Waals surface area (Å²) in [7, 11) is 0. The fourth-order valence-electron chi connectivity index (χ4n) is 2.15. The van der Waals surface area contributed by atoms with E-state index in [0.717, 1.165) is 25.2 Å². The van der Waals surface area contributed by atoms with Crippen molar-refractivity contribution in [1.82, 2.24) is 5.32 Å². The van der Waals surface area contributed by atoms with Crippen molar-refractivity contribution in [2.24, 2.45) is 0 Å². The van der Waals surface area contributed by atoms with Crippen molar-refractivity contribution in [3.8, 4) is 0 Å². The Morgan fingerprint density at radius 1 is 1.35 bits per heavy atom. The third-order valence-electron chi connectivity index (χ3n) is 3.61. The normalized spacial score (nSPS) is 16.5. The van der Waals surface area contributed by atoms with Gasteiger partial charge in [0, 0.05) is 18.8 Å². The second-order valence-corrected chi connectivity index (χ2v) is 5.69. The van der Waals surface area contributed by atoms with Gasteiger partial charge in [-0.1, -0.05) is 25.5 Å². The summed E-state index contributed by atoms with van der Waals surface area (Å²) in [5.41, 5.74) is 1.96. The fraction of sp³-hybridized carbons (Fsp3) is 0.562. The van der Waals surface area contributed by atoms with E-state index in [1.165, 1.54) is 18.4 Å². The second-order valence-electron chi connectivity index (χ2n) is 5.69. The minimum Gasteiger partial charge on any atom is -0.363 e. The molecule has 0 aliphatic carbocycles. The number of carbonyl (C=O) groups is 1. The summed E-state index contributed by atoms with van der Waals surface area (Å²) in [4.78, 5) is 11.8. The first-order valence-corrected chi connectivity index (χ1v) is 7.35. The van der Waals surface area contributed by atoms with E-state index >= 15 is 0 Å². The third kappa shape index (κ3) is 4.32. The first kappa shape index (κ1) is 15.0. The summed E-state index contributed by atoms with van der Waals surface area (Å²) >= 11 is 0. The van der Waals surface area contributed by atoms with Crippen molar-refractivity contribution in [3.63, 3.8) is 0 Å². The van der Waals surface area contributed by atoms with E-state index in [1.54, 1.807) is 0 Å². The quantitative estimate of drug-likeness (QED) is 0.803. The van der Waals surface area contributed by atoms with E-state index in [4.69, 9.17) is 4.74 Å². The van der Waals surface area contributed by atoms with Crippen LogP contribution in [-0.2, 0) is 16.0 Å². The zero-order valence-electron chi connectivity index (χ0n) is 12.4. The van der Waals surface area contributed by atoms with E-state index in [0.29, 0.717) is 0 Å². The molecule has 110 valence electrons. The van der Waals surface area contributed by atoms with Crippen LogP contribution < -0.4 is 10.6 Å². The molecule has 1 amide bonds. The molecule has 1 aliphatic rings. The van der Waals surface area contributed by atoms with Gasteiger partial charge in [0.25, 0.3) is 0 Å². The molecule has 1 fully saturated rings. The number of anilines is 1. The Labute approximate surface area is 120 Å². The topological polar surface area (TPSA) is 50.4 Å². The zero-order valence-corrected chi connectivity index (χ0v) is 12.4. The summed E-state index contributed by atoms with van der Waals surface area (Å²) in [6.45, 7) is 5.93. The number of carbonyl (C=O) groups excluding carboxylic acids is 1. The number of nitrogens with one attached hydrogen (secondary N) is 2. The average Bonchev–Trinajstić information content (AvgIpc) is 2.42. The Bertz CT molecular complexity index is 438. The maximum atomic E-state index is 11.8. The van der Waals surface area contributed by atoms with Crippen LogP contribution >= 0.6 is 0 Å². The molecule has 1 aromatic carbocycles. The van der Waals surface area contributed by atoms with Crippen molar-refractivity contribution < 1.29 is 9.53 Å². The van der Waals surface area contributed by atoms with E-state index in [-0.39, 0.29) is 18.1 Å². The summed E-state index contributed by atoms with van der Waals surface area (Å²) in [6, 6.07) is 8.05. The summed E-state index contributed by atoms with van der Waals surface area (Å²) in [6.07, 6.45) is 3.49. The van der Waals surface area contributed by atoms with Gasteiger partial charge in [-0.15, -0.1) is 0 Å². The largest absolute Gasteiger partial charge is 0.363 e. The minimum atomic E-state index is -0.179. The Hall–Kier alpha value is -1.39. The Balaban J connectivity index is 1.75. The van der Waals surface area contributed by atoms with Crippen LogP contribution in [0.15, 0.2) is 24.3 Å².